The van der Waals surface area contributed by atoms with Crippen LogP contribution in [-0.2, 0) is 0 Å². The molecule has 0 aliphatic heterocycles. The molecule has 40 valence electrons. The minimum Gasteiger partial charge on any atom is -0.114 e. The lowest BCUT2D eigenvalue weighted by atomic mass is 27.6. The minimum atomic E-state index is -2.72. The summed E-state index contributed by atoms with van der Waals surface area (Å²) in [5.41, 5.74) is 0. The monoisotopic (exact) mass is 248 g/mol. The quantitative estimate of drug-likeness (QED) is 0.458. The normalized spacial score (nSPS) is 10.0. The van der Waals surface area contributed by atoms with Crippen molar-refractivity contribution in [1.82, 2.24) is 0 Å². The zero-order valence-corrected chi connectivity index (χ0v) is 8.16. The fourth-order valence-electron chi connectivity index (χ4n) is 0. The van der Waals surface area contributed by atoms with E-state index in [1.54, 1.807) is 0 Å². The summed E-state index contributed by atoms with van der Waals surface area (Å²) in [6.07, 6.45) is 0. The summed E-state index contributed by atoms with van der Waals surface area (Å²) < 4.78 is 0. The van der Waals surface area contributed by atoms with Gasteiger partial charge in [-0.05, 0) is 0 Å². The molecule has 0 aromatic carbocycles. The molecule has 6 heavy (non-hydrogen) atoms. The van der Waals surface area contributed by atoms with E-state index in [9.17, 15) is 0 Å². The lowest BCUT2D eigenvalue weighted by molar-refractivity contribution is 3.80. The molecule has 0 heterocycles. The van der Waals surface area contributed by atoms with E-state index in [4.69, 9.17) is 44.3 Å². The highest BCUT2D eigenvalue weighted by Gasteiger charge is 2.19. The second kappa shape index (κ2) is 3.81. The Morgan fingerprint density at radius 3 is 0.833 bits per heavy atom. The molecule has 0 aliphatic carbocycles. The van der Waals surface area contributed by atoms with Crippen LogP contribution in [0.1, 0.15) is 0 Å². The first-order valence-corrected chi connectivity index (χ1v) is 6.80. The maximum absolute atomic E-state index is 4.97. The second-order valence-corrected chi connectivity index (χ2v) is 11.6. The van der Waals surface area contributed by atoms with Crippen molar-refractivity contribution >= 4 is 66.6 Å². The van der Waals surface area contributed by atoms with Crippen molar-refractivity contribution in [2.24, 2.45) is 0 Å². The first-order valence-electron chi connectivity index (χ1n) is 0.756. The van der Waals surface area contributed by atoms with Gasteiger partial charge >= 0.3 is 5.31 Å². The third-order valence-corrected chi connectivity index (χ3v) is 0. The van der Waals surface area contributed by atoms with Gasteiger partial charge in [0.05, 0.1) is 0 Å². The van der Waals surface area contributed by atoms with E-state index in [0.717, 1.165) is 0 Å². The van der Waals surface area contributed by atoms with E-state index in [1.165, 1.54) is 0 Å². The lowest BCUT2D eigenvalue weighted by Gasteiger charge is -1.85. The fraction of sp³-hybridized carbons (Fsp3) is 0. The van der Waals surface area contributed by atoms with Gasteiger partial charge in [0, 0.05) is 0 Å². The molecule has 0 rings (SSSR count). The van der Waals surface area contributed by atoms with E-state index in [2.05, 4.69) is 0 Å². The average Bonchev–Trinajstić information content (AvgIpc) is 0.722. The maximum atomic E-state index is 4.97. The molecule has 0 saturated carbocycles. The van der Waals surface area contributed by atoms with Gasteiger partial charge in [-0.2, -0.15) is 0 Å². The number of hydrogen-bond acceptors (Lipinski definition) is 0. The molecule has 0 aliphatic rings. The first-order chi connectivity index (χ1) is 2.00. The molecule has 0 N–H and O–H groups in total. The van der Waals surface area contributed by atoms with Crippen LogP contribution in [0.5, 0.6) is 0 Å². The van der Waals surface area contributed by atoms with Crippen LogP contribution in [0.3, 0.4) is 0 Å². The molecule has 0 atom stereocenters. The highest BCUT2D eigenvalue weighted by atomic mass is 79.9. The summed E-state index contributed by atoms with van der Waals surface area (Å²) in [7, 11) is 0. The zero-order chi connectivity index (χ0) is 4.50. The molecule has 0 saturated heterocycles. The van der Waals surface area contributed by atoms with E-state index < -0.39 is 5.31 Å². The highest BCUT2D eigenvalue weighted by molar-refractivity contribution is 8.93. The van der Waals surface area contributed by atoms with Gasteiger partial charge in [-0.15, -0.1) is 61.3 Å². The van der Waals surface area contributed by atoms with Gasteiger partial charge in [0.2, 0.25) is 0 Å². The van der Waals surface area contributed by atoms with Gasteiger partial charge in [-0.25, -0.2) is 0 Å². The van der Waals surface area contributed by atoms with Crippen molar-refractivity contribution in [2.75, 3.05) is 0 Å². The van der Waals surface area contributed by atoms with Crippen molar-refractivity contribution in [2.45, 2.75) is 0 Å². The smallest absolute Gasteiger partial charge is 0.114 e. The predicted molar refractivity (Wildman–Crippen MR) is 39.5 cm³/mol. The van der Waals surface area contributed by atoms with E-state index in [1.807, 2.05) is 0 Å². The second-order valence-electron chi connectivity index (χ2n) is 0.429. The van der Waals surface area contributed by atoms with Gasteiger partial charge in [-0.3, -0.25) is 0 Å². The molecule has 0 aromatic heterocycles. The molecular formula is HBrCl4Si. The topological polar surface area (TPSA) is 0 Å². The Labute approximate surface area is 66.3 Å². The summed E-state index contributed by atoms with van der Waals surface area (Å²) in [4.78, 5) is 0. The van der Waals surface area contributed by atoms with E-state index >= 15 is 0 Å². The van der Waals surface area contributed by atoms with Crippen molar-refractivity contribution in [3.8, 4) is 0 Å². The Kier molecular flexibility index (Phi) is 6.84. The predicted octanol–water partition coefficient (Wildman–Crippen LogP) is 2.96. The number of hydrogen-bond donors (Lipinski definition) is 0. The van der Waals surface area contributed by atoms with Crippen molar-refractivity contribution < 1.29 is 0 Å². The van der Waals surface area contributed by atoms with Crippen LogP contribution in [-0.4, -0.2) is 5.31 Å². The van der Waals surface area contributed by atoms with Gasteiger partial charge < -0.3 is 0 Å². The Morgan fingerprint density at radius 1 is 0.833 bits per heavy atom. The number of halogens is 5. The van der Waals surface area contributed by atoms with Crippen LogP contribution in [0.15, 0.2) is 0 Å². The Bertz CT molecular complexity index is 23.0. The van der Waals surface area contributed by atoms with Crippen molar-refractivity contribution in [3.63, 3.8) is 0 Å². The van der Waals surface area contributed by atoms with E-state index in [-0.39, 0.29) is 17.0 Å². The van der Waals surface area contributed by atoms with Gasteiger partial charge in [0.15, 0.2) is 0 Å². The summed E-state index contributed by atoms with van der Waals surface area (Å²) in [5, 5.41) is -2.72. The third kappa shape index (κ3) is 40.1. The van der Waals surface area contributed by atoms with E-state index in [0.29, 0.717) is 0 Å². The molecule has 0 fully saturated rings. The molecule has 6 heteroatoms. The lowest BCUT2D eigenvalue weighted by Crippen LogP contribution is -1.91. The summed E-state index contributed by atoms with van der Waals surface area (Å²) in [5.74, 6) is 0. The SMILES string of the molecule is Br.Cl[Si](Cl)(Cl)Cl. The average molecular weight is 251 g/mol. The Morgan fingerprint density at radius 2 is 0.833 bits per heavy atom. The molecule has 0 bridgehead atoms. The first kappa shape index (κ1) is 10.8. The Hall–Kier alpha value is 1.86. The minimum absolute atomic E-state index is 0. The third-order valence-electron chi connectivity index (χ3n) is 0. The molecule has 0 radical (unpaired) electrons. The Balaban J connectivity index is 0. The molecule has 0 amide bonds. The standard InChI is InChI=1S/BrH.Cl4Si/c;1-5(2,3)4/h1H;. The summed E-state index contributed by atoms with van der Waals surface area (Å²) >= 11 is 19.9. The van der Waals surface area contributed by atoms with Crippen LogP contribution in [0.2, 0.25) is 0 Å². The van der Waals surface area contributed by atoms with Crippen molar-refractivity contribution in [3.05, 3.63) is 0 Å². The molecule has 0 unspecified atom stereocenters. The molecule has 0 nitrogen and oxygen atoms in total. The van der Waals surface area contributed by atoms with Crippen LogP contribution in [0.25, 0.3) is 0 Å². The van der Waals surface area contributed by atoms with Gasteiger partial charge in [0.1, 0.15) is 0 Å². The van der Waals surface area contributed by atoms with Crippen LogP contribution >= 0.6 is 61.3 Å². The molecule has 0 aromatic rings. The fourth-order valence-corrected chi connectivity index (χ4v) is 0. The number of rotatable bonds is 0. The summed E-state index contributed by atoms with van der Waals surface area (Å²) in [6.45, 7) is 0. The maximum Gasteiger partial charge on any atom is 0.440 e. The van der Waals surface area contributed by atoms with Gasteiger partial charge in [0.25, 0.3) is 0 Å². The van der Waals surface area contributed by atoms with Crippen LogP contribution in [0, 0.1) is 0 Å². The highest BCUT2D eigenvalue weighted by Crippen LogP contribution is 2.23. The van der Waals surface area contributed by atoms with Gasteiger partial charge in [-0.1, -0.05) is 0 Å². The van der Waals surface area contributed by atoms with Crippen molar-refractivity contribution in [1.29, 1.82) is 0 Å². The largest absolute Gasteiger partial charge is 0.440 e. The van der Waals surface area contributed by atoms with Crippen LogP contribution in [0.4, 0.5) is 0 Å². The molecular weight excluding hydrogens is 250 g/mol. The summed E-state index contributed by atoms with van der Waals surface area (Å²) in [6, 6.07) is 0. The van der Waals surface area contributed by atoms with Crippen LogP contribution < -0.4 is 0 Å². The molecule has 0 spiro atoms. The zero-order valence-electron chi connectivity index (χ0n) is 2.42.